The summed E-state index contributed by atoms with van der Waals surface area (Å²) >= 11 is 0. The number of nitrogens with zero attached hydrogens (tertiary/aromatic N) is 2. The number of hydrogen-bond donors (Lipinski definition) is 0. The molecule has 2 saturated heterocycles. The van der Waals surface area contributed by atoms with Crippen molar-refractivity contribution in [3.63, 3.8) is 0 Å². The minimum Gasteiger partial charge on any atom is -0.373 e. The maximum absolute atomic E-state index is 12.5. The molecule has 20 heavy (non-hydrogen) atoms. The standard InChI is InChI=1S/C15H20N2O3/c1-10-8-11-5-7-17(9-13(11)20-10)15(19)12-4-3-6-16(2)14(12)18/h3-4,6,10-11,13H,5,7-9H2,1-2H3/t10-,11+,13-/m1/s1. The molecule has 0 bridgehead atoms. The minimum atomic E-state index is -0.236. The van der Waals surface area contributed by atoms with Gasteiger partial charge in [-0.15, -0.1) is 0 Å². The average molecular weight is 276 g/mol. The van der Waals surface area contributed by atoms with Gasteiger partial charge in [0.15, 0.2) is 0 Å². The third-order valence-electron chi connectivity index (χ3n) is 4.38. The van der Waals surface area contributed by atoms with Crippen molar-refractivity contribution in [2.75, 3.05) is 13.1 Å². The molecule has 1 aromatic rings. The number of carbonyl (C=O) groups is 1. The van der Waals surface area contributed by atoms with E-state index in [2.05, 4.69) is 6.92 Å². The summed E-state index contributed by atoms with van der Waals surface area (Å²) in [6, 6.07) is 3.34. The van der Waals surface area contributed by atoms with Gasteiger partial charge in [-0.05, 0) is 37.8 Å². The summed E-state index contributed by atoms with van der Waals surface area (Å²) in [5.41, 5.74) is 0.0137. The van der Waals surface area contributed by atoms with Crippen molar-refractivity contribution >= 4 is 5.91 Å². The van der Waals surface area contributed by atoms with Crippen molar-refractivity contribution in [2.24, 2.45) is 13.0 Å². The Hall–Kier alpha value is -1.62. The highest BCUT2D eigenvalue weighted by Crippen LogP contribution is 2.33. The molecule has 3 rings (SSSR count). The summed E-state index contributed by atoms with van der Waals surface area (Å²) in [7, 11) is 1.66. The predicted octanol–water partition coefficient (Wildman–Crippen LogP) is 1.02. The molecule has 1 amide bonds. The van der Waals surface area contributed by atoms with Gasteiger partial charge in [-0.25, -0.2) is 0 Å². The summed E-state index contributed by atoms with van der Waals surface area (Å²) in [5, 5.41) is 0. The van der Waals surface area contributed by atoms with E-state index in [4.69, 9.17) is 4.74 Å². The quantitative estimate of drug-likeness (QED) is 0.769. The van der Waals surface area contributed by atoms with Crippen LogP contribution in [0.2, 0.25) is 0 Å². The zero-order valence-corrected chi connectivity index (χ0v) is 11.9. The maximum atomic E-state index is 12.5. The number of pyridine rings is 1. The van der Waals surface area contributed by atoms with E-state index >= 15 is 0 Å². The van der Waals surface area contributed by atoms with Crippen LogP contribution in [0.1, 0.15) is 30.1 Å². The van der Waals surface area contributed by atoms with Crippen LogP contribution in [0.4, 0.5) is 0 Å². The Kier molecular flexibility index (Phi) is 3.38. The van der Waals surface area contributed by atoms with Crippen LogP contribution < -0.4 is 5.56 Å². The van der Waals surface area contributed by atoms with E-state index in [9.17, 15) is 9.59 Å². The van der Waals surface area contributed by atoms with E-state index < -0.39 is 0 Å². The normalized spacial score (nSPS) is 29.3. The number of piperidine rings is 1. The van der Waals surface area contributed by atoms with Crippen LogP contribution in [0.25, 0.3) is 0 Å². The number of aromatic nitrogens is 1. The Morgan fingerprint density at radius 3 is 3.05 bits per heavy atom. The molecule has 3 atom stereocenters. The van der Waals surface area contributed by atoms with Crippen LogP contribution >= 0.6 is 0 Å². The van der Waals surface area contributed by atoms with E-state index in [-0.39, 0.29) is 29.2 Å². The SMILES string of the molecule is C[C@@H]1C[C@@H]2CCN(C(=O)c3cccn(C)c3=O)C[C@H]2O1. The molecule has 0 spiro atoms. The second-order valence-corrected chi connectivity index (χ2v) is 5.86. The van der Waals surface area contributed by atoms with Crippen LogP contribution in [0.15, 0.2) is 23.1 Å². The Labute approximate surface area is 118 Å². The first-order valence-corrected chi connectivity index (χ1v) is 7.16. The molecular formula is C15H20N2O3. The molecule has 1 aromatic heterocycles. The first-order valence-electron chi connectivity index (χ1n) is 7.16. The van der Waals surface area contributed by atoms with Crippen molar-refractivity contribution in [3.8, 4) is 0 Å². The molecule has 0 unspecified atom stereocenters. The van der Waals surface area contributed by atoms with Crippen molar-refractivity contribution in [3.05, 3.63) is 34.2 Å². The highest BCUT2D eigenvalue weighted by molar-refractivity contribution is 5.93. The second kappa shape index (κ2) is 5.05. The van der Waals surface area contributed by atoms with E-state index in [1.54, 1.807) is 30.3 Å². The van der Waals surface area contributed by atoms with E-state index in [0.29, 0.717) is 19.0 Å². The molecule has 2 fully saturated rings. The molecule has 0 radical (unpaired) electrons. The third-order valence-corrected chi connectivity index (χ3v) is 4.38. The third kappa shape index (κ3) is 2.26. The van der Waals surface area contributed by atoms with Crippen LogP contribution in [-0.4, -0.2) is 40.7 Å². The Morgan fingerprint density at radius 1 is 1.45 bits per heavy atom. The Balaban J connectivity index is 1.78. The van der Waals surface area contributed by atoms with Crippen molar-refractivity contribution in [1.82, 2.24) is 9.47 Å². The van der Waals surface area contributed by atoms with Crippen LogP contribution in [0.3, 0.4) is 0 Å². The number of carbonyl (C=O) groups excluding carboxylic acids is 1. The lowest BCUT2D eigenvalue weighted by Crippen LogP contribution is -2.46. The largest absolute Gasteiger partial charge is 0.373 e. The van der Waals surface area contributed by atoms with E-state index in [1.165, 1.54) is 4.57 Å². The number of rotatable bonds is 1. The van der Waals surface area contributed by atoms with Gasteiger partial charge in [0.1, 0.15) is 5.56 Å². The summed E-state index contributed by atoms with van der Waals surface area (Å²) in [5.74, 6) is 0.389. The zero-order chi connectivity index (χ0) is 14.3. The summed E-state index contributed by atoms with van der Waals surface area (Å²) < 4.78 is 7.30. The molecule has 0 aliphatic carbocycles. The summed E-state index contributed by atoms with van der Waals surface area (Å²) in [6.45, 7) is 3.40. The van der Waals surface area contributed by atoms with Crippen LogP contribution in [-0.2, 0) is 11.8 Å². The van der Waals surface area contributed by atoms with Gasteiger partial charge < -0.3 is 14.2 Å². The number of likely N-dealkylation sites (tertiary alicyclic amines) is 1. The van der Waals surface area contributed by atoms with Gasteiger partial charge in [-0.2, -0.15) is 0 Å². The fraction of sp³-hybridized carbons (Fsp3) is 0.600. The Morgan fingerprint density at radius 2 is 2.25 bits per heavy atom. The zero-order valence-electron chi connectivity index (χ0n) is 11.9. The molecular weight excluding hydrogens is 256 g/mol. The molecule has 0 saturated carbocycles. The molecule has 2 aliphatic heterocycles. The number of amides is 1. The van der Waals surface area contributed by atoms with E-state index in [0.717, 1.165) is 12.8 Å². The predicted molar refractivity (Wildman–Crippen MR) is 74.6 cm³/mol. The lowest BCUT2D eigenvalue weighted by atomic mass is 9.92. The van der Waals surface area contributed by atoms with Crippen LogP contribution in [0, 0.1) is 5.92 Å². The molecule has 2 aliphatic rings. The maximum Gasteiger partial charge on any atom is 0.263 e. The smallest absolute Gasteiger partial charge is 0.263 e. The molecule has 0 aromatic carbocycles. The topological polar surface area (TPSA) is 51.5 Å². The molecule has 5 nitrogen and oxygen atoms in total. The summed E-state index contributed by atoms with van der Waals surface area (Å²) in [4.78, 5) is 26.3. The monoisotopic (exact) mass is 276 g/mol. The molecule has 3 heterocycles. The van der Waals surface area contributed by atoms with Gasteiger partial charge in [0.2, 0.25) is 0 Å². The summed E-state index contributed by atoms with van der Waals surface area (Å²) in [6.07, 6.45) is 4.13. The minimum absolute atomic E-state index is 0.135. The van der Waals surface area contributed by atoms with Crippen molar-refractivity contribution < 1.29 is 9.53 Å². The highest BCUT2D eigenvalue weighted by Gasteiger charge is 2.39. The Bertz CT molecular complexity index is 581. The molecule has 0 N–H and O–H groups in total. The lowest BCUT2D eigenvalue weighted by Gasteiger charge is -2.34. The molecule has 5 heteroatoms. The van der Waals surface area contributed by atoms with Crippen molar-refractivity contribution in [2.45, 2.75) is 32.0 Å². The van der Waals surface area contributed by atoms with Crippen LogP contribution in [0.5, 0.6) is 0 Å². The van der Waals surface area contributed by atoms with Gasteiger partial charge in [-0.1, -0.05) is 0 Å². The van der Waals surface area contributed by atoms with E-state index in [1.807, 2.05) is 0 Å². The fourth-order valence-electron chi connectivity index (χ4n) is 3.28. The highest BCUT2D eigenvalue weighted by atomic mass is 16.5. The number of aryl methyl sites for hydroxylation is 1. The lowest BCUT2D eigenvalue weighted by molar-refractivity contribution is 0.00149. The average Bonchev–Trinajstić information content (AvgIpc) is 2.80. The van der Waals surface area contributed by atoms with Crippen molar-refractivity contribution in [1.29, 1.82) is 0 Å². The first-order chi connectivity index (χ1) is 9.56. The first kappa shape index (κ1) is 13.4. The second-order valence-electron chi connectivity index (χ2n) is 5.86. The number of hydrogen-bond acceptors (Lipinski definition) is 3. The number of ether oxygens (including phenoxy) is 1. The van der Waals surface area contributed by atoms with Gasteiger partial charge >= 0.3 is 0 Å². The van der Waals surface area contributed by atoms with Gasteiger partial charge in [0, 0.05) is 26.3 Å². The van der Waals surface area contributed by atoms with Gasteiger partial charge in [0.25, 0.3) is 11.5 Å². The molecule has 108 valence electrons. The van der Waals surface area contributed by atoms with Gasteiger partial charge in [0.05, 0.1) is 12.2 Å². The fourth-order valence-corrected chi connectivity index (χ4v) is 3.28. The van der Waals surface area contributed by atoms with Gasteiger partial charge in [-0.3, -0.25) is 9.59 Å². The number of fused-ring (bicyclic) bond motifs is 1.